The van der Waals surface area contributed by atoms with Gasteiger partial charge in [0.2, 0.25) is 0 Å². The predicted octanol–water partition coefficient (Wildman–Crippen LogP) is 4.54. The zero-order chi connectivity index (χ0) is 28.8. The molecule has 2 aromatic heterocycles. The van der Waals surface area contributed by atoms with E-state index in [4.69, 9.17) is 19.8 Å². The van der Waals surface area contributed by atoms with Crippen LogP contribution in [-0.2, 0) is 16.1 Å². The van der Waals surface area contributed by atoms with Crippen LogP contribution in [0.2, 0.25) is 0 Å². The quantitative estimate of drug-likeness (QED) is 0.512. The number of thiazole rings is 1. The molecule has 2 aliphatic heterocycles. The molecule has 0 saturated carbocycles. The Bertz CT molecular complexity index is 1030. The number of hydrogen-bond acceptors (Lipinski definition) is 7. The molecule has 2 aromatic rings. The molecule has 1 spiro atoms. The van der Waals surface area contributed by atoms with Crippen molar-refractivity contribution in [3.8, 4) is 0 Å². The van der Waals surface area contributed by atoms with Crippen molar-refractivity contribution in [1.29, 1.82) is 0 Å². The number of piperidine rings is 1. The summed E-state index contributed by atoms with van der Waals surface area (Å²) >= 11 is 1.58. The van der Waals surface area contributed by atoms with Crippen LogP contribution in [0.15, 0.2) is 36.0 Å². The molecule has 212 valence electrons. The Labute approximate surface area is 214 Å². The van der Waals surface area contributed by atoms with E-state index in [9.17, 15) is 35.1 Å². The van der Waals surface area contributed by atoms with Gasteiger partial charge >= 0.3 is 24.3 Å². The number of aromatic nitrogens is 2. The fourth-order valence-electron chi connectivity index (χ4n) is 3.88. The van der Waals surface area contributed by atoms with Crippen LogP contribution >= 0.6 is 11.3 Å². The average Bonchev–Trinajstić information content (AvgIpc) is 3.48. The van der Waals surface area contributed by atoms with Crippen molar-refractivity contribution in [2.75, 3.05) is 31.1 Å². The fraction of sp³-hybridized carbons (Fsp3) is 0.524. The van der Waals surface area contributed by atoms with E-state index in [2.05, 4.69) is 14.9 Å². The van der Waals surface area contributed by atoms with Crippen molar-refractivity contribution in [3.63, 3.8) is 0 Å². The molecule has 2 N–H and O–H groups in total. The second-order valence-electron chi connectivity index (χ2n) is 8.34. The summed E-state index contributed by atoms with van der Waals surface area (Å²) in [5, 5.41) is 17.2. The number of likely N-dealkylation sites (tertiary alicyclic amines) is 1. The minimum absolute atomic E-state index is 0.0750. The van der Waals surface area contributed by atoms with Gasteiger partial charge in [-0.05, 0) is 18.6 Å². The molecule has 0 amide bonds. The highest BCUT2D eigenvalue weighted by Crippen LogP contribution is 2.50. The maximum Gasteiger partial charge on any atom is 0.490 e. The summed E-state index contributed by atoms with van der Waals surface area (Å²) in [5.74, 6) is -7.35. The number of carboxylic acid groups (broad SMARTS) is 2. The lowest BCUT2D eigenvalue weighted by molar-refractivity contribution is -0.193. The van der Waals surface area contributed by atoms with E-state index in [1.807, 2.05) is 28.5 Å². The van der Waals surface area contributed by atoms with Crippen LogP contribution in [0.1, 0.15) is 17.8 Å². The molecule has 0 aliphatic carbocycles. The Morgan fingerprint density at radius 3 is 2.00 bits per heavy atom. The molecule has 0 bridgehead atoms. The lowest BCUT2D eigenvalue weighted by atomic mass is 9.75. The van der Waals surface area contributed by atoms with E-state index in [-0.39, 0.29) is 6.42 Å². The normalized spacial score (nSPS) is 21.2. The van der Waals surface area contributed by atoms with Gasteiger partial charge < -0.3 is 15.1 Å². The van der Waals surface area contributed by atoms with Gasteiger partial charge in [-0.2, -0.15) is 26.3 Å². The van der Waals surface area contributed by atoms with Crippen molar-refractivity contribution in [1.82, 2.24) is 14.9 Å². The Balaban J connectivity index is 0.000000301. The zero-order valence-electron chi connectivity index (χ0n) is 19.3. The first-order valence-electron chi connectivity index (χ1n) is 10.7. The molecular weight excluding hydrogens is 556 g/mol. The average molecular weight is 578 g/mol. The molecule has 4 heterocycles. The molecule has 2 aliphatic rings. The zero-order valence-corrected chi connectivity index (χ0v) is 20.2. The molecule has 1 atom stereocenters. The second-order valence-corrected chi connectivity index (χ2v) is 9.32. The summed E-state index contributed by atoms with van der Waals surface area (Å²) in [6.45, 7) is 2.52. The maximum atomic E-state index is 14.8. The Hall–Kier alpha value is -3.08. The summed E-state index contributed by atoms with van der Waals surface area (Å²) in [7, 11) is 0. The SMILES string of the molecule is FC1(F)CCN(Cc2nccs2)CC12CCN(c1ccccn1)C2.O=C(O)C(F)(F)F.O=C(O)C(F)(F)F. The van der Waals surface area contributed by atoms with Gasteiger partial charge in [0, 0.05) is 50.4 Å². The molecule has 4 rings (SSSR count). The van der Waals surface area contributed by atoms with Crippen molar-refractivity contribution < 1.29 is 54.9 Å². The predicted molar refractivity (Wildman–Crippen MR) is 118 cm³/mol. The van der Waals surface area contributed by atoms with Crippen LogP contribution in [0.4, 0.5) is 40.9 Å². The van der Waals surface area contributed by atoms with Crippen LogP contribution in [-0.4, -0.2) is 81.5 Å². The number of halogens is 8. The maximum absolute atomic E-state index is 14.8. The first-order chi connectivity index (χ1) is 17.5. The monoisotopic (exact) mass is 578 g/mol. The van der Waals surface area contributed by atoms with Crippen LogP contribution in [0.25, 0.3) is 0 Å². The van der Waals surface area contributed by atoms with Crippen LogP contribution in [0, 0.1) is 5.41 Å². The molecule has 17 heteroatoms. The minimum atomic E-state index is -5.08. The van der Waals surface area contributed by atoms with E-state index >= 15 is 0 Å². The Kier molecular flexibility index (Phi) is 9.99. The third-order valence-electron chi connectivity index (χ3n) is 5.70. The van der Waals surface area contributed by atoms with Crippen molar-refractivity contribution >= 4 is 29.1 Å². The van der Waals surface area contributed by atoms with E-state index in [0.717, 1.165) is 10.8 Å². The topological polar surface area (TPSA) is 107 Å². The molecule has 8 nitrogen and oxygen atoms in total. The fourth-order valence-corrected chi connectivity index (χ4v) is 4.54. The third-order valence-corrected chi connectivity index (χ3v) is 6.46. The van der Waals surface area contributed by atoms with E-state index in [0.29, 0.717) is 39.1 Å². The molecule has 0 aromatic carbocycles. The highest BCUT2D eigenvalue weighted by molar-refractivity contribution is 7.09. The molecule has 2 saturated heterocycles. The number of carboxylic acids is 2. The number of pyridine rings is 1. The second kappa shape index (κ2) is 12.2. The van der Waals surface area contributed by atoms with Crippen molar-refractivity contribution in [3.05, 3.63) is 41.0 Å². The summed E-state index contributed by atoms with van der Waals surface area (Å²) in [5.41, 5.74) is -0.986. The summed E-state index contributed by atoms with van der Waals surface area (Å²) in [6, 6.07) is 5.65. The van der Waals surface area contributed by atoms with Crippen LogP contribution in [0.3, 0.4) is 0 Å². The van der Waals surface area contributed by atoms with Gasteiger partial charge in [-0.15, -0.1) is 11.3 Å². The first kappa shape index (κ1) is 31.1. The van der Waals surface area contributed by atoms with Crippen LogP contribution < -0.4 is 4.90 Å². The van der Waals surface area contributed by atoms with Gasteiger partial charge in [0.15, 0.2) is 0 Å². The number of alkyl halides is 8. The van der Waals surface area contributed by atoms with Crippen molar-refractivity contribution in [2.45, 2.75) is 37.7 Å². The third kappa shape index (κ3) is 8.47. The first-order valence-corrected chi connectivity index (χ1v) is 11.6. The van der Waals surface area contributed by atoms with Gasteiger partial charge in [0.05, 0.1) is 12.0 Å². The number of rotatable bonds is 3. The molecule has 38 heavy (non-hydrogen) atoms. The minimum Gasteiger partial charge on any atom is -0.475 e. The van der Waals surface area contributed by atoms with Crippen LogP contribution in [0.5, 0.6) is 0 Å². The number of aliphatic carboxylic acids is 2. The van der Waals surface area contributed by atoms with Gasteiger partial charge in [0.1, 0.15) is 10.8 Å². The van der Waals surface area contributed by atoms with Gasteiger partial charge in [0.25, 0.3) is 5.92 Å². The highest BCUT2D eigenvalue weighted by Gasteiger charge is 2.59. The van der Waals surface area contributed by atoms with E-state index in [1.165, 1.54) is 0 Å². The Morgan fingerprint density at radius 1 is 0.921 bits per heavy atom. The summed E-state index contributed by atoms with van der Waals surface area (Å²) in [6.07, 6.45) is -6.25. The Morgan fingerprint density at radius 2 is 1.53 bits per heavy atom. The largest absolute Gasteiger partial charge is 0.490 e. The smallest absolute Gasteiger partial charge is 0.475 e. The number of carbonyl (C=O) groups is 2. The molecule has 2 fully saturated rings. The standard InChI is InChI=1S/C17H20F2N4S.2C2HF3O2/c18-17(19)5-8-22(11-15-21-7-10-24-15)12-16(17)4-9-23(13-16)14-3-1-2-6-20-14;2*3-2(4,5)1(6)7/h1-3,6-7,10H,4-5,8-9,11-13H2;2*(H,6,7). The lowest BCUT2D eigenvalue weighted by Crippen LogP contribution is -2.56. The van der Waals surface area contributed by atoms with Gasteiger partial charge in [-0.3, -0.25) is 4.90 Å². The van der Waals surface area contributed by atoms with Crippen molar-refractivity contribution in [2.24, 2.45) is 5.41 Å². The highest BCUT2D eigenvalue weighted by atomic mass is 32.1. The van der Waals surface area contributed by atoms with Gasteiger partial charge in [-0.1, -0.05) is 6.07 Å². The lowest BCUT2D eigenvalue weighted by Gasteiger charge is -2.45. The molecular formula is C21H22F8N4O4S. The number of nitrogens with zero attached hydrogens (tertiary/aromatic N) is 4. The number of hydrogen-bond donors (Lipinski definition) is 2. The summed E-state index contributed by atoms with van der Waals surface area (Å²) < 4.78 is 93.1. The van der Waals surface area contributed by atoms with Gasteiger partial charge in [-0.25, -0.2) is 28.3 Å². The molecule has 1 unspecified atom stereocenters. The number of anilines is 1. The van der Waals surface area contributed by atoms with E-state index in [1.54, 1.807) is 23.7 Å². The molecule has 0 radical (unpaired) electrons. The summed E-state index contributed by atoms with van der Waals surface area (Å²) in [4.78, 5) is 30.5. The van der Waals surface area contributed by atoms with E-state index < -0.39 is 35.6 Å².